The number of hydrogen-bond acceptors (Lipinski definition) is 6. The Hall–Kier alpha value is -4.99. The summed E-state index contributed by atoms with van der Waals surface area (Å²) in [6.07, 6.45) is 1.97. The van der Waals surface area contributed by atoms with Crippen LogP contribution in [0.4, 0.5) is 5.69 Å². The number of para-hydroxylation sites is 1. The van der Waals surface area contributed by atoms with Crippen molar-refractivity contribution < 1.29 is 14.5 Å². The number of rotatable bonds is 8. The molecule has 5 aromatic rings. The molecule has 2 heterocycles. The summed E-state index contributed by atoms with van der Waals surface area (Å²) in [5.41, 5.74) is 4.09. The van der Waals surface area contributed by atoms with Gasteiger partial charge in [0.2, 0.25) is 0 Å². The first kappa shape index (κ1) is 23.7. The van der Waals surface area contributed by atoms with Crippen LogP contribution in [0.1, 0.15) is 33.2 Å². The summed E-state index contributed by atoms with van der Waals surface area (Å²) in [7, 11) is 1.62. The number of aromatic nitrogens is 4. The first-order valence-corrected chi connectivity index (χ1v) is 11.6. The maximum atomic E-state index is 13.2. The summed E-state index contributed by atoms with van der Waals surface area (Å²) >= 11 is 0. The molecule has 0 aliphatic heterocycles. The van der Waals surface area contributed by atoms with Gasteiger partial charge in [0.25, 0.3) is 11.6 Å². The molecule has 1 atom stereocenters. The van der Waals surface area contributed by atoms with Crippen LogP contribution in [0.5, 0.6) is 5.75 Å². The number of H-pyrrole nitrogens is 1. The van der Waals surface area contributed by atoms with E-state index in [0.717, 1.165) is 27.8 Å². The van der Waals surface area contributed by atoms with Crippen LogP contribution in [-0.4, -0.2) is 44.5 Å². The van der Waals surface area contributed by atoms with Crippen molar-refractivity contribution in [1.82, 2.24) is 25.3 Å². The van der Waals surface area contributed by atoms with E-state index >= 15 is 0 Å². The van der Waals surface area contributed by atoms with Crippen molar-refractivity contribution in [3.63, 3.8) is 0 Å². The number of methoxy groups -OCH3 is 1. The number of fused-ring (bicyclic) bond motifs is 1. The van der Waals surface area contributed by atoms with Crippen LogP contribution in [0.25, 0.3) is 16.6 Å². The highest BCUT2D eigenvalue weighted by molar-refractivity contribution is 5.93. The van der Waals surface area contributed by atoms with Crippen LogP contribution in [0, 0.1) is 17.0 Å². The summed E-state index contributed by atoms with van der Waals surface area (Å²) in [6, 6.07) is 21.8. The summed E-state index contributed by atoms with van der Waals surface area (Å²) < 4.78 is 6.73. The second kappa shape index (κ2) is 9.94. The van der Waals surface area contributed by atoms with Crippen molar-refractivity contribution >= 4 is 22.5 Å². The van der Waals surface area contributed by atoms with Gasteiger partial charge < -0.3 is 15.0 Å². The molecular formula is C27H24N6O4. The van der Waals surface area contributed by atoms with Gasteiger partial charge in [0.05, 0.1) is 23.4 Å². The number of nitro benzene ring substituents is 1. The van der Waals surface area contributed by atoms with E-state index in [0.29, 0.717) is 17.9 Å². The third-order valence-corrected chi connectivity index (χ3v) is 6.38. The first-order chi connectivity index (χ1) is 18.0. The average molecular weight is 497 g/mol. The van der Waals surface area contributed by atoms with Gasteiger partial charge in [-0.3, -0.25) is 14.9 Å². The highest BCUT2D eigenvalue weighted by Gasteiger charge is 2.23. The molecule has 0 radical (unpaired) electrons. The number of hydrogen-bond donors (Lipinski definition) is 2. The third kappa shape index (κ3) is 4.64. The number of aromatic amines is 1. The molecule has 0 saturated carbocycles. The minimum atomic E-state index is -0.479. The number of nitrogens with one attached hydrogen (secondary N) is 2. The molecule has 2 N–H and O–H groups in total. The Morgan fingerprint density at radius 2 is 1.92 bits per heavy atom. The van der Waals surface area contributed by atoms with E-state index in [1.807, 2.05) is 54.7 Å². The Morgan fingerprint density at radius 3 is 2.68 bits per heavy atom. The summed E-state index contributed by atoms with van der Waals surface area (Å²) in [5.74, 6) is 0.226. The monoisotopic (exact) mass is 496 g/mol. The largest absolute Gasteiger partial charge is 0.497 e. The van der Waals surface area contributed by atoms with E-state index in [1.165, 1.54) is 16.8 Å². The molecule has 0 fully saturated rings. The second-order valence-electron chi connectivity index (χ2n) is 8.54. The van der Waals surface area contributed by atoms with Crippen molar-refractivity contribution in [2.24, 2.45) is 0 Å². The molecule has 10 nitrogen and oxygen atoms in total. The quantitative estimate of drug-likeness (QED) is 0.240. The molecule has 186 valence electrons. The molecule has 0 spiro atoms. The minimum Gasteiger partial charge on any atom is -0.497 e. The van der Waals surface area contributed by atoms with Crippen LogP contribution in [0.15, 0.2) is 79.0 Å². The molecular weight excluding hydrogens is 472 g/mol. The molecule has 2 aromatic heterocycles. The van der Waals surface area contributed by atoms with Gasteiger partial charge in [0, 0.05) is 41.7 Å². The number of nitro groups is 1. The van der Waals surface area contributed by atoms with Gasteiger partial charge in [-0.15, -0.1) is 5.10 Å². The van der Waals surface area contributed by atoms with Crippen LogP contribution in [0.3, 0.4) is 0 Å². The fourth-order valence-electron chi connectivity index (χ4n) is 4.43. The Labute approximate surface area is 212 Å². The lowest BCUT2D eigenvalue weighted by molar-refractivity contribution is -0.384. The van der Waals surface area contributed by atoms with Gasteiger partial charge in [0.15, 0.2) is 5.69 Å². The maximum Gasteiger partial charge on any atom is 0.273 e. The number of nitrogens with zero attached hydrogens (tertiary/aromatic N) is 4. The first-order valence-electron chi connectivity index (χ1n) is 11.6. The zero-order valence-corrected chi connectivity index (χ0v) is 20.2. The zero-order valence-electron chi connectivity index (χ0n) is 20.2. The van der Waals surface area contributed by atoms with Gasteiger partial charge in [-0.2, -0.15) is 0 Å². The van der Waals surface area contributed by atoms with Crippen molar-refractivity contribution in [1.29, 1.82) is 0 Å². The molecule has 0 saturated heterocycles. The zero-order chi connectivity index (χ0) is 25.9. The number of carbonyl (C=O) groups excluding carboxylic acids is 1. The molecule has 1 amide bonds. The smallest absolute Gasteiger partial charge is 0.273 e. The van der Waals surface area contributed by atoms with Gasteiger partial charge in [-0.05, 0) is 42.3 Å². The number of ether oxygens (including phenoxy) is 1. The van der Waals surface area contributed by atoms with Gasteiger partial charge in [-0.25, -0.2) is 4.68 Å². The predicted octanol–water partition coefficient (Wildman–Crippen LogP) is 4.54. The third-order valence-electron chi connectivity index (χ3n) is 6.38. The fourth-order valence-corrected chi connectivity index (χ4v) is 4.43. The lowest BCUT2D eigenvalue weighted by Gasteiger charge is -2.18. The van der Waals surface area contributed by atoms with E-state index in [1.54, 1.807) is 26.2 Å². The van der Waals surface area contributed by atoms with Gasteiger partial charge in [-0.1, -0.05) is 41.6 Å². The number of carbonyl (C=O) groups is 1. The Balaban J connectivity index is 1.42. The molecule has 5 rings (SSSR count). The topological polar surface area (TPSA) is 128 Å². The molecule has 1 unspecified atom stereocenters. The van der Waals surface area contributed by atoms with Gasteiger partial charge in [0.1, 0.15) is 5.75 Å². The highest BCUT2D eigenvalue weighted by atomic mass is 16.6. The van der Waals surface area contributed by atoms with Gasteiger partial charge >= 0.3 is 0 Å². The number of non-ortho nitro benzene ring substituents is 1. The van der Waals surface area contributed by atoms with E-state index in [-0.39, 0.29) is 23.2 Å². The standard InChI is InChI=1S/C27H24N6O4/c1-17-26(30-31-32(17)19-6-5-7-20(14-19)33(35)36)27(34)29-15-23(18-10-12-21(37-2)13-11-18)24-16-28-25-9-4-3-8-22(24)25/h3-14,16,23,28H,15H2,1-2H3,(H,29,34). The van der Waals surface area contributed by atoms with Crippen molar-refractivity contribution in [3.8, 4) is 11.4 Å². The van der Waals surface area contributed by atoms with E-state index < -0.39 is 4.92 Å². The number of amides is 1. The lowest BCUT2D eigenvalue weighted by Crippen LogP contribution is -2.29. The van der Waals surface area contributed by atoms with Crippen LogP contribution in [0.2, 0.25) is 0 Å². The van der Waals surface area contributed by atoms with Crippen LogP contribution < -0.4 is 10.1 Å². The summed E-state index contributed by atoms with van der Waals surface area (Å²) in [5, 5.41) is 23.4. The molecule has 0 bridgehead atoms. The average Bonchev–Trinajstić information content (AvgIpc) is 3.53. The normalized spacial score (nSPS) is 11.8. The Morgan fingerprint density at radius 1 is 1.14 bits per heavy atom. The number of benzene rings is 3. The van der Waals surface area contributed by atoms with Crippen molar-refractivity contribution in [2.75, 3.05) is 13.7 Å². The van der Waals surface area contributed by atoms with E-state index in [9.17, 15) is 14.9 Å². The van der Waals surface area contributed by atoms with Crippen molar-refractivity contribution in [2.45, 2.75) is 12.8 Å². The lowest BCUT2D eigenvalue weighted by atomic mass is 9.90. The fraction of sp³-hybridized carbons (Fsp3) is 0.148. The highest BCUT2D eigenvalue weighted by Crippen LogP contribution is 2.31. The second-order valence-corrected chi connectivity index (χ2v) is 8.54. The van der Waals surface area contributed by atoms with E-state index in [4.69, 9.17) is 4.74 Å². The molecule has 3 aromatic carbocycles. The van der Waals surface area contributed by atoms with Crippen molar-refractivity contribution in [3.05, 3.63) is 112 Å². The Bertz CT molecular complexity index is 1590. The Kier molecular flexibility index (Phi) is 6.38. The SMILES string of the molecule is COc1ccc(C(CNC(=O)c2nnn(-c3cccc([N+](=O)[O-])c3)c2C)c2c[nH]c3ccccc23)cc1. The van der Waals surface area contributed by atoms with E-state index in [2.05, 4.69) is 20.6 Å². The summed E-state index contributed by atoms with van der Waals surface area (Å²) in [6.45, 7) is 2.02. The van der Waals surface area contributed by atoms with Crippen LogP contribution >= 0.6 is 0 Å². The minimum absolute atomic E-state index is 0.0699. The summed E-state index contributed by atoms with van der Waals surface area (Å²) in [4.78, 5) is 27.2. The maximum absolute atomic E-state index is 13.2. The van der Waals surface area contributed by atoms with Crippen LogP contribution in [-0.2, 0) is 0 Å². The molecule has 10 heteroatoms. The molecule has 37 heavy (non-hydrogen) atoms. The molecule has 0 aliphatic carbocycles. The predicted molar refractivity (Wildman–Crippen MR) is 138 cm³/mol. The molecule has 0 aliphatic rings.